The Bertz CT molecular complexity index is 914. The zero-order valence-electron chi connectivity index (χ0n) is 13.6. The van der Waals surface area contributed by atoms with E-state index in [1.54, 1.807) is 0 Å². The highest BCUT2D eigenvalue weighted by Crippen LogP contribution is 2.66. The Morgan fingerprint density at radius 3 is 2.43 bits per heavy atom. The minimum atomic E-state index is -5.64. The third-order valence-corrected chi connectivity index (χ3v) is 6.93. The number of nitrogen functional groups attached to an aromatic ring is 1. The summed E-state index contributed by atoms with van der Waals surface area (Å²) in [6.07, 6.45) is -2.47. The molecular weight excluding hydrogens is 451 g/mol. The second kappa shape index (κ2) is 8.40. The van der Waals surface area contributed by atoms with Crippen LogP contribution in [0.15, 0.2) is 17.1 Å². The van der Waals surface area contributed by atoms with E-state index in [1.807, 2.05) is 0 Å². The summed E-state index contributed by atoms with van der Waals surface area (Å²) in [7, 11) is -16.5. The second-order valence-corrected chi connectivity index (χ2v) is 9.80. The first-order valence-corrected chi connectivity index (χ1v) is 11.7. The van der Waals surface area contributed by atoms with Gasteiger partial charge in [-0.25, -0.2) is 18.5 Å². The van der Waals surface area contributed by atoms with Gasteiger partial charge in [-0.1, -0.05) is 0 Å². The van der Waals surface area contributed by atoms with Crippen molar-refractivity contribution >= 4 is 29.3 Å². The smallest absolute Gasteiger partial charge is 0.388 e. The van der Waals surface area contributed by atoms with Crippen molar-refractivity contribution in [3.63, 3.8) is 0 Å². The minimum Gasteiger partial charge on any atom is -0.388 e. The lowest BCUT2D eigenvalue weighted by Crippen LogP contribution is -2.31. The van der Waals surface area contributed by atoms with Crippen molar-refractivity contribution in [2.45, 2.75) is 24.9 Å². The number of aromatic nitrogens is 2. The molecule has 2 rings (SSSR count). The molecule has 0 bridgehead atoms. The number of ether oxygens (including phenoxy) is 1. The first-order valence-electron chi connectivity index (χ1n) is 7.14. The number of phosphoric acid groups is 3. The monoisotopic (exact) mass is 467 g/mol. The van der Waals surface area contributed by atoms with Gasteiger partial charge < -0.3 is 35.2 Å². The summed E-state index contributed by atoms with van der Waals surface area (Å²) in [6.45, 7) is -0.756. The number of anilines is 1. The normalized spacial score (nSPS) is 27.2. The largest absolute Gasteiger partial charge is 0.490 e. The van der Waals surface area contributed by atoms with E-state index in [2.05, 4.69) is 18.1 Å². The van der Waals surface area contributed by atoms with Crippen molar-refractivity contribution < 1.29 is 56.3 Å². The minimum absolute atomic E-state index is 0.0575. The molecule has 2 heterocycles. The van der Waals surface area contributed by atoms with Crippen molar-refractivity contribution in [1.82, 2.24) is 9.55 Å². The maximum absolute atomic E-state index is 11.8. The van der Waals surface area contributed by atoms with Gasteiger partial charge in [-0.2, -0.15) is 13.6 Å². The quantitative estimate of drug-likeness (QED) is 0.246. The van der Waals surface area contributed by atoms with Crippen LogP contribution >= 0.6 is 23.5 Å². The second-order valence-electron chi connectivity index (χ2n) is 5.38. The number of aliphatic hydroxyl groups excluding tert-OH is 1. The van der Waals surface area contributed by atoms with Crippen LogP contribution in [0.3, 0.4) is 0 Å². The molecule has 2 unspecified atom stereocenters. The van der Waals surface area contributed by atoms with Gasteiger partial charge >= 0.3 is 29.2 Å². The van der Waals surface area contributed by atoms with Gasteiger partial charge in [-0.05, 0) is 6.07 Å². The predicted octanol–water partition coefficient (Wildman–Crippen LogP) is -1.18. The summed E-state index contributed by atoms with van der Waals surface area (Å²) >= 11 is 0. The zero-order chi connectivity index (χ0) is 21.3. The molecular formula is C9H16N3O13P3. The molecule has 5 atom stereocenters. The van der Waals surface area contributed by atoms with Crippen LogP contribution in [0.5, 0.6) is 0 Å². The SMILES string of the molecule is Nc1ccn([C@@H]2O[C@H](COP(=O)(O)OP(=O)(O)OP(=O)(O)O)C[C@@H]2O)c(=O)n1. The molecule has 0 aromatic carbocycles. The van der Waals surface area contributed by atoms with E-state index in [0.717, 1.165) is 4.57 Å². The molecule has 28 heavy (non-hydrogen) atoms. The fourth-order valence-electron chi connectivity index (χ4n) is 2.19. The van der Waals surface area contributed by atoms with Gasteiger partial charge in [0.25, 0.3) is 0 Å². The highest BCUT2D eigenvalue weighted by Gasteiger charge is 2.42. The molecule has 0 radical (unpaired) electrons. The Kier molecular flexibility index (Phi) is 6.99. The molecule has 0 amide bonds. The van der Waals surface area contributed by atoms with Gasteiger partial charge in [-0.15, -0.1) is 0 Å². The summed E-state index contributed by atoms with van der Waals surface area (Å²) in [5.74, 6) is -0.0575. The van der Waals surface area contributed by atoms with E-state index >= 15 is 0 Å². The number of hydrogen-bond acceptors (Lipinski definition) is 11. The van der Waals surface area contributed by atoms with Gasteiger partial charge in [0.05, 0.1) is 12.7 Å². The average molecular weight is 467 g/mol. The molecule has 0 spiro atoms. The maximum Gasteiger partial charge on any atom is 0.490 e. The van der Waals surface area contributed by atoms with Gasteiger partial charge in [0.15, 0.2) is 6.23 Å². The molecule has 1 aromatic rings. The van der Waals surface area contributed by atoms with Crippen LogP contribution in [-0.2, 0) is 31.6 Å². The molecule has 7 N–H and O–H groups in total. The molecule has 1 saturated heterocycles. The highest BCUT2D eigenvalue weighted by molar-refractivity contribution is 7.66. The zero-order valence-corrected chi connectivity index (χ0v) is 16.3. The lowest BCUT2D eigenvalue weighted by atomic mass is 10.2. The van der Waals surface area contributed by atoms with E-state index in [4.69, 9.17) is 25.2 Å². The molecule has 1 aromatic heterocycles. The van der Waals surface area contributed by atoms with Crippen LogP contribution < -0.4 is 11.4 Å². The molecule has 0 saturated carbocycles. The molecule has 1 aliphatic rings. The van der Waals surface area contributed by atoms with Crippen LogP contribution in [0.1, 0.15) is 12.6 Å². The molecule has 1 fully saturated rings. The van der Waals surface area contributed by atoms with E-state index in [9.17, 15) is 28.5 Å². The average Bonchev–Trinajstić information content (AvgIpc) is 2.82. The molecule has 1 aliphatic heterocycles. The lowest BCUT2D eigenvalue weighted by molar-refractivity contribution is -0.0523. The number of nitrogens with zero attached hydrogens (tertiary/aromatic N) is 2. The Balaban J connectivity index is 1.97. The Morgan fingerprint density at radius 2 is 1.86 bits per heavy atom. The summed E-state index contributed by atoms with van der Waals surface area (Å²) in [5.41, 5.74) is 4.53. The number of nitrogens with two attached hydrogens (primary N) is 1. The molecule has 16 nitrogen and oxygen atoms in total. The van der Waals surface area contributed by atoms with Crippen molar-refractivity contribution in [2.75, 3.05) is 12.3 Å². The lowest BCUT2D eigenvalue weighted by Gasteiger charge is -2.19. The maximum atomic E-state index is 11.8. The number of aliphatic hydroxyl groups is 1. The van der Waals surface area contributed by atoms with Crippen LogP contribution in [-0.4, -0.2) is 53.0 Å². The van der Waals surface area contributed by atoms with Gasteiger partial charge in [0, 0.05) is 12.6 Å². The summed E-state index contributed by atoms with van der Waals surface area (Å²) in [5, 5.41) is 10.00. The Hall–Kier alpha value is -0.990. The van der Waals surface area contributed by atoms with Gasteiger partial charge in [0.2, 0.25) is 0 Å². The molecule has 160 valence electrons. The van der Waals surface area contributed by atoms with Crippen molar-refractivity contribution in [3.8, 4) is 0 Å². The number of phosphoric ester groups is 1. The number of hydrogen-bond donors (Lipinski definition) is 6. The fraction of sp³-hybridized carbons (Fsp3) is 0.556. The van der Waals surface area contributed by atoms with E-state index in [1.165, 1.54) is 12.3 Å². The predicted molar refractivity (Wildman–Crippen MR) is 87.3 cm³/mol. The fourth-order valence-corrected chi connectivity index (χ4v) is 5.24. The summed E-state index contributed by atoms with van der Waals surface area (Å²) in [4.78, 5) is 50.5. The first-order chi connectivity index (χ1) is 12.7. The first kappa shape index (κ1) is 23.3. The Morgan fingerprint density at radius 1 is 1.21 bits per heavy atom. The summed E-state index contributed by atoms with van der Waals surface area (Å²) in [6, 6.07) is 1.27. The topological polar surface area (TPSA) is 250 Å². The van der Waals surface area contributed by atoms with Gasteiger partial charge in [-0.3, -0.25) is 9.09 Å². The van der Waals surface area contributed by atoms with Crippen LogP contribution in [0.2, 0.25) is 0 Å². The third kappa shape index (κ3) is 6.81. The van der Waals surface area contributed by atoms with E-state index in [0.29, 0.717) is 0 Å². The standard InChI is InChI=1S/C9H16N3O13P3/c10-7-1-2-12(9(14)11-7)8-6(13)3-5(23-8)4-22-27(18,19)25-28(20,21)24-26(15,16)17/h1-2,5-6,8,13H,3-4H2,(H,18,19)(H,20,21)(H2,10,11,14)(H2,15,16,17)/t5-,6-,8+/m0/s1. The van der Waals surface area contributed by atoms with Crippen LogP contribution in [0.4, 0.5) is 5.82 Å². The molecule has 0 aliphatic carbocycles. The van der Waals surface area contributed by atoms with Crippen LogP contribution in [0.25, 0.3) is 0 Å². The third-order valence-electron chi connectivity index (χ3n) is 3.13. The highest BCUT2D eigenvalue weighted by atomic mass is 31.3. The summed E-state index contributed by atoms with van der Waals surface area (Å²) < 4.78 is 51.2. The molecule has 19 heteroatoms. The van der Waals surface area contributed by atoms with Crippen molar-refractivity contribution in [1.29, 1.82) is 0 Å². The van der Waals surface area contributed by atoms with Gasteiger partial charge in [0.1, 0.15) is 11.9 Å². The van der Waals surface area contributed by atoms with Crippen molar-refractivity contribution in [2.24, 2.45) is 0 Å². The van der Waals surface area contributed by atoms with Crippen molar-refractivity contribution in [3.05, 3.63) is 22.7 Å². The van der Waals surface area contributed by atoms with E-state index < -0.39 is 54.2 Å². The Labute approximate surface area is 155 Å². The van der Waals surface area contributed by atoms with E-state index in [-0.39, 0.29) is 12.2 Å². The van der Waals surface area contributed by atoms with Crippen LogP contribution in [0, 0.1) is 0 Å². The number of rotatable bonds is 8.